The van der Waals surface area contributed by atoms with Crippen LogP contribution >= 0.6 is 0 Å². The van der Waals surface area contributed by atoms with Crippen molar-refractivity contribution in [3.05, 3.63) is 0 Å². The second-order valence-corrected chi connectivity index (χ2v) is 0.698. The summed E-state index contributed by atoms with van der Waals surface area (Å²) in [5.41, 5.74) is 0. The molecule has 0 atom stereocenters. The Kier molecular flexibility index (Phi) is 17.3. The number of rotatable bonds is 0. The summed E-state index contributed by atoms with van der Waals surface area (Å²) in [4.78, 5) is 24.8. The van der Waals surface area contributed by atoms with Gasteiger partial charge in [-0.05, 0) is 0 Å². The SMILES string of the molecule is O=C(O)OOC(=O)O.[CaH2].[CaH2]. The molecule has 0 aliphatic carbocycles. The summed E-state index contributed by atoms with van der Waals surface area (Å²) in [7, 11) is 0. The Hall–Kier alpha value is 1.06. The van der Waals surface area contributed by atoms with Gasteiger partial charge in [-0.1, -0.05) is 0 Å². The van der Waals surface area contributed by atoms with Gasteiger partial charge in [-0.2, -0.15) is 0 Å². The van der Waals surface area contributed by atoms with Crippen molar-refractivity contribution in [1.29, 1.82) is 0 Å². The fourth-order valence-corrected chi connectivity index (χ4v) is 0.0713. The van der Waals surface area contributed by atoms with Crippen LogP contribution in [-0.2, 0) is 9.78 Å². The molecule has 0 aliphatic heterocycles. The Morgan fingerprint density at radius 1 is 0.900 bits per heavy atom. The minimum absolute atomic E-state index is 0. The topological polar surface area (TPSA) is 93.1 Å². The van der Waals surface area contributed by atoms with E-state index in [1.165, 1.54) is 0 Å². The molecule has 0 spiro atoms. The summed E-state index contributed by atoms with van der Waals surface area (Å²) in [6.45, 7) is 0. The zero-order valence-corrected chi connectivity index (χ0v) is 3.53. The predicted octanol–water partition coefficient (Wildman–Crippen LogP) is -1.54. The molecule has 0 saturated carbocycles. The molecular formula is C2H6Ca2O6. The minimum atomic E-state index is -1.80. The van der Waals surface area contributed by atoms with Crippen LogP contribution in [0.1, 0.15) is 0 Å². The second kappa shape index (κ2) is 10.1. The maximum atomic E-state index is 9.29. The monoisotopic (exact) mass is 206 g/mol. The average Bonchev–Trinajstić information content (AvgIpc) is 1.61. The Morgan fingerprint density at radius 2 is 1.10 bits per heavy atom. The molecule has 6 nitrogen and oxygen atoms in total. The molecule has 0 aromatic carbocycles. The molecule has 10 heavy (non-hydrogen) atoms. The van der Waals surface area contributed by atoms with Gasteiger partial charge < -0.3 is 10.2 Å². The van der Waals surface area contributed by atoms with Gasteiger partial charge in [-0.15, -0.1) is 0 Å². The molecule has 0 rings (SSSR count). The van der Waals surface area contributed by atoms with Crippen LogP contribution in [-0.4, -0.2) is 98.0 Å². The van der Waals surface area contributed by atoms with E-state index in [9.17, 15) is 9.59 Å². The van der Waals surface area contributed by atoms with E-state index in [1.807, 2.05) is 0 Å². The molecule has 0 unspecified atom stereocenters. The first-order valence-electron chi connectivity index (χ1n) is 1.43. The van der Waals surface area contributed by atoms with E-state index >= 15 is 0 Å². The van der Waals surface area contributed by atoms with Gasteiger partial charge in [0.05, 0.1) is 0 Å². The predicted molar refractivity (Wildman–Crippen MR) is 35.3 cm³/mol. The molecule has 0 bridgehead atoms. The molecule has 0 aromatic heterocycles. The van der Waals surface area contributed by atoms with Gasteiger partial charge in [-0.25, -0.2) is 19.4 Å². The van der Waals surface area contributed by atoms with Crippen LogP contribution in [0.5, 0.6) is 0 Å². The average molecular weight is 206 g/mol. The van der Waals surface area contributed by atoms with Crippen molar-refractivity contribution in [1.82, 2.24) is 0 Å². The Balaban J connectivity index is -0.000000245. The van der Waals surface area contributed by atoms with E-state index in [-0.39, 0.29) is 75.5 Å². The first kappa shape index (κ1) is 17.2. The Labute approximate surface area is 115 Å². The first-order valence-corrected chi connectivity index (χ1v) is 1.43. The Morgan fingerprint density at radius 3 is 1.20 bits per heavy atom. The van der Waals surface area contributed by atoms with E-state index in [2.05, 4.69) is 9.78 Å². The quantitative estimate of drug-likeness (QED) is 0.283. The van der Waals surface area contributed by atoms with Crippen molar-refractivity contribution in [2.45, 2.75) is 0 Å². The zero-order valence-electron chi connectivity index (χ0n) is 3.53. The molecule has 2 N–H and O–H groups in total. The third-order valence-electron chi connectivity index (χ3n) is 0.184. The molecule has 0 fully saturated rings. The van der Waals surface area contributed by atoms with E-state index in [0.717, 1.165) is 0 Å². The van der Waals surface area contributed by atoms with Crippen molar-refractivity contribution in [3.8, 4) is 0 Å². The third kappa shape index (κ3) is 16.0. The normalized spacial score (nSPS) is 6.00. The Bertz CT molecular complexity index is 98.3. The van der Waals surface area contributed by atoms with Crippen LogP contribution < -0.4 is 0 Å². The molecule has 0 aliphatic rings. The van der Waals surface area contributed by atoms with Gasteiger partial charge in [0.15, 0.2) is 0 Å². The van der Waals surface area contributed by atoms with Crippen LogP contribution in [0.25, 0.3) is 0 Å². The summed E-state index contributed by atoms with van der Waals surface area (Å²) in [5, 5.41) is 15.1. The van der Waals surface area contributed by atoms with Gasteiger partial charge in [-0.3, -0.25) is 0 Å². The fraction of sp³-hybridized carbons (Fsp3) is 0. The second-order valence-electron chi connectivity index (χ2n) is 0.698. The van der Waals surface area contributed by atoms with Gasteiger partial charge in [0.2, 0.25) is 0 Å². The summed E-state index contributed by atoms with van der Waals surface area (Å²) in [5.74, 6) is 0. The van der Waals surface area contributed by atoms with Gasteiger partial charge in [0.1, 0.15) is 0 Å². The van der Waals surface area contributed by atoms with E-state index < -0.39 is 12.3 Å². The summed E-state index contributed by atoms with van der Waals surface area (Å²) >= 11 is 0. The summed E-state index contributed by atoms with van der Waals surface area (Å²) in [6.07, 6.45) is -3.60. The molecular weight excluding hydrogens is 200 g/mol. The van der Waals surface area contributed by atoms with E-state index in [4.69, 9.17) is 10.2 Å². The van der Waals surface area contributed by atoms with Gasteiger partial charge >= 0.3 is 87.8 Å². The van der Waals surface area contributed by atoms with Crippen molar-refractivity contribution in [3.63, 3.8) is 0 Å². The maximum absolute atomic E-state index is 9.29. The molecule has 0 saturated heterocycles. The van der Waals surface area contributed by atoms with Crippen molar-refractivity contribution < 1.29 is 29.6 Å². The molecule has 0 aromatic rings. The van der Waals surface area contributed by atoms with E-state index in [0.29, 0.717) is 0 Å². The zero-order chi connectivity index (χ0) is 6.57. The number of carboxylic acid groups (broad SMARTS) is 2. The van der Waals surface area contributed by atoms with Crippen LogP contribution in [0.4, 0.5) is 9.59 Å². The summed E-state index contributed by atoms with van der Waals surface area (Å²) in [6, 6.07) is 0. The van der Waals surface area contributed by atoms with Crippen molar-refractivity contribution in [2.75, 3.05) is 0 Å². The number of hydrogen-bond donors (Lipinski definition) is 2. The fourth-order valence-electron chi connectivity index (χ4n) is 0.0713. The number of hydrogen-bond acceptors (Lipinski definition) is 4. The van der Waals surface area contributed by atoms with Crippen molar-refractivity contribution >= 4 is 87.8 Å². The molecule has 0 amide bonds. The molecule has 0 heterocycles. The molecule has 8 heteroatoms. The molecule has 0 radical (unpaired) electrons. The summed E-state index contributed by atoms with van der Waals surface area (Å²) < 4.78 is 0. The van der Waals surface area contributed by atoms with Crippen molar-refractivity contribution in [2.24, 2.45) is 0 Å². The van der Waals surface area contributed by atoms with Crippen LogP contribution in [0.2, 0.25) is 0 Å². The first-order chi connectivity index (χ1) is 3.63. The van der Waals surface area contributed by atoms with E-state index in [1.54, 1.807) is 0 Å². The standard InChI is InChI=1S/C2H2O6.2Ca.4H/c3-1(4)7-8-2(5)6;;;;;;/h(H,3,4)(H,5,6);;;;;;. The third-order valence-corrected chi connectivity index (χ3v) is 0.184. The van der Waals surface area contributed by atoms with Crippen LogP contribution in [0, 0.1) is 0 Å². The van der Waals surface area contributed by atoms with Gasteiger partial charge in [0.25, 0.3) is 0 Å². The van der Waals surface area contributed by atoms with Crippen LogP contribution in [0.15, 0.2) is 0 Å². The van der Waals surface area contributed by atoms with Crippen LogP contribution in [0.3, 0.4) is 0 Å². The van der Waals surface area contributed by atoms with Gasteiger partial charge in [0, 0.05) is 0 Å². The molecule has 54 valence electrons. The number of carbonyl (C=O) groups is 2.